The van der Waals surface area contributed by atoms with Crippen molar-refractivity contribution in [1.82, 2.24) is 19.8 Å². The first-order chi connectivity index (χ1) is 7.18. The largest absolute Gasteiger partial charge is 0.259 e. The average molecular weight is 196 g/mol. The monoisotopic (exact) mass is 196 g/mol. The molecule has 0 radical (unpaired) electrons. The number of fused-ring (bicyclic) bond motifs is 3. The highest BCUT2D eigenvalue weighted by atomic mass is 15.3. The zero-order chi connectivity index (χ0) is 10.6. The Morgan fingerprint density at radius 3 is 3.00 bits per heavy atom. The lowest BCUT2D eigenvalue weighted by molar-refractivity contribution is 0.954. The summed E-state index contributed by atoms with van der Waals surface area (Å²) >= 11 is 0. The molecule has 0 aromatic carbocycles. The quantitative estimate of drug-likeness (QED) is 0.424. The second-order valence-electron chi connectivity index (χ2n) is 3.99. The lowest BCUT2D eigenvalue weighted by Crippen LogP contribution is -2.29. The normalized spacial score (nSPS) is 11.5. The number of nitrogens with zero attached hydrogens (tertiary/aromatic N) is 3. The Bertz CT molecular complexity index is 667. The summed E-state index contributed by atoms with van der Waals surface area (Å²) in [6, 6.07) is 0. The first-order valence-corrected chi connectivity index (χ1v) is 4.96. The molecule has 0 fully saturated rings. The highest BCUT2D eigenvalue weighted by molar-refractivity contribution is 6.49. The van der Waals surface area contributed by atoms with Crippen LogP contribution in [0.3, 0.4) is 0 Å². The number of aryl methyl sites for hydroxylation is 1. The second kappa shape index (κ2) is 2.66. The molecule has 6 heteroatoms. The fraction of sp³-hybridized carbons (Fsp3) is 0.111. The van der Waals surface area contributed by atoms with Gasteiger partial charge in [0.1, 0.15) is 15.7 Å². The molecule has 0 saturated heterocycles. The summed E-state index contributed by atoms with van der Waals surface area (Å²) in [5.74, 6) is 0. The highest BCUT2D eigenvalue weighted by Crippen LogP contribution is 2.18. The SMILES string of the molecule is Bc1cn2nc3[nH]ncc3c2c(C)c1B. The predicted molar refractivity (Wildman–Crippen MR) is 65.9 cm³/mol. The maximum absolute atomic E-state index is 4.44. The molecule has 1 N–H and O–H groups in total. The van der Waals surface area contributed by atoms with Crippen molar-refractivity contribution in [2.24, 2.45) is 0 Å². The molecular formula is C9H10B2N4. The van der Waals surface area contributed by atoms with Gasteiger partial charge in [-0.05, 0) is 12.5 Å². The number of pyridine rings is 1. The first kappa shape index (κ1) is 8.59. The van der Waals surface area contributed by atoms with Crippen LogP contribution in [0, 0.1) is 6.92 Å². The van der Waals surface area contributed by atoms with Crippen molar-refractivity contribution in [2.45, 2.75) is 6.92 Å². The molecule has 72 valence electrons. The van der Waals surface area contributed by atoms with Gasteiger partial charge in [0.05, 0.1) is 17.1 Å². The molecule has 0 aliphatic heterocycles. The minimum atomic E-state index is 0.850. The molecule has 0 bridgehead atoms. The summed E-state index contributed by atoms with van der Waals surface area (Å²) in [7, 11) is 4.25. The molecular weight excluding hydrogens is 186 g/mol. The smallest absolute Gasteiger partial charge is 0.178 e. The van der Waals surface area contributed by atoms with Crippen molar-refractivity contribution in [2.75, 3.05) is 0 Å². The van der Waals surface area contributed by atoms with Gasteiger partial charge in [-0.25, -0.2) is 4.52 Å². The summed E-state index contributed by atoms with van der Waals surface area (Å²) in [6.45, 7) is 2.13. The van der Waals surface area contributed by atoms with Crippen LogP contribution in [0.4, 0.5) is 0 Å². The zero-order valence-corrected chi connectivity index (χ0v) is 9.00. The van der Waals surface area contributed by atoms with Gasteiger partial charge in [0.15, 0.2) is 5.65 Å². The number of rotatable bonds is 0. The van der Waals surface area contributed by atoms with E-state index >= 15 is 0 Å². The van der Waals surface area contributed by atoms with Crippen molar-refractivity contribution in [3.63, 3.8) is 0 Å². The summed E-state index contributed by atoms with van der Waals surface area (Å²) in [5.41, 5.74) is 5.87. The van der Waals surface area contributed by atoms with E-state index in [1.807, 2.05) is 10.7 Å². The zero-order valence-electron chi connectivity index (χ0n) is 9.00. The molecule has 4 nitrogen and oxygen atoms in total. The van der Waals surface area contributed by atoms with Crippen LogP contribution in [0.1, 0.15) is 5.56 Å². The molecule has 3 rings (SSSR count). The van der Waals surface area contributed by atoms with E-state index in [0.29, 0.717) is 0 Å². The summed E-state index contributed by atoms with van der Waals surface area (Å²) in [5, 5.41) is 12.4. The van der Waals surface area contributed by atoms with E-state index < -0.39 is 0 Å². The van der Waals surface area contributed by atoms with Crippen molar-refractivity contribution >= 4 is 43.2 Å². The second-order valence-corrected chi connectivity index (χ2v) is 3.99. The summed E-state index contributed by atoms with van der Waals surface area (Å²) in [4.78, 5) is 0. The van der Waals surface area contributed by atoms with Crippen LogP contribution < -0.4 is 10.9 Å². The van der Waals surface area contributed by atoms with Gasteiger partial charge in [0.2, 0.25) is 0 Å². The van der Waals surface area contributed by atoms with E-state index in [9.17, 15) is 0 Å². The van der Waals surface area contributed by atoms with Crippen LogP contribution in [0.2, 0.25) is 0 Å². The number of aromatic amines is 1. The van der Waals surface area contributed by atoms with E-state index in [4.69, 9.17) is 0 Å². The highest BCUT2D eigenvalue weighted by Gasteiger charge is 2.11. The van der Waals surface area contributed by atoms with Crippen molar-refractivity contribution in [3.05, 3.63) is 18.0 Å². The Morgan fingerprint density at radius 1 is 1.40 bits per heavy atom. The molecule has 0 spiro atoms. The third-order valence-corrected chi connectivity index (χ3v) is 3.14. The molecule has 0 amide bonds. The number of hydrogen-bond acceptors (Lipinski definition) is 2. The van der Waals surface area contributed by atoms with E-state index in [-0.39, 0.29) is 0 Å². The van der Waals surface area contributed by atoms with Crippen LogP contribution in [-0.2, 0) is 0 Å². The number of hydrogen-bond donors (Lipinski definition) is 1. The molecule has 3 heterocycles. The first-order valence-electron chi connectivity index (χ1n) is 4.96. The predicted octanol–water partition coefficient (Wildman–Crippen LogP) is -1.96. The van der Waals surface area contributed by atoms with Gasteiger partial charge >= 0.3 is 0 Å². The summed E-state index contributed by atoms with van der Waals surface area (Å²) in [6.07, 6.45) is 3.89. The van der Waals surface area contributed by atoms with Gasteiger partial charge in [0.25, 0.3) is 0 Å². The Labute approximate surface area is 88.5 Å². The Hall–Kier alpha value is -1.71. The van der Waals surface area contributed by atoms with E-state index in [2.05, 4.69) is 44.1 Å². The minimum Gasteiger partial charge on any atom is -0.259 e. The summed E-state index contributed by atoms with van der Waals surface area (Å²) < 4.78 is 1.93. The Morgan fingerprint density at radius 2 is 2.20 bits per heavy atom. The molecule has 0 saturated carbocycles. The fourth-order valence-electron chi connectivity index (χ4n) is 2.03. The lowest BCUT2D eigenvalue weighted by Gasteiger charge is -2.06. The van der Waals surface area contributed by atoms with Crippen molar-refractivity contribution < 1.29 is 0 Å². The van der Waals surface area contributed by atoms with Gasteiger partial charge in [-0.15, -0.1) is 5.10 Å². The lowest BCUT2D eigenvalue weighted by atomic mass is 9.79. The van der Waals surface area contributed by atoms with E-state index in [0.717, 1.165) is 16.6 Å². The van der Waals surface area contributed by atoms with Crippen LogP contribution in [-0.4, -0.2) is 35.5 Å². The van der Waals surface area contributed by atoms with Crippen molar-refractivity contribution in [1.29, 1.82) is 0 Å². The molecule has 0 aliphatic rings. The van der Waals surface area contributed by atoms with Crippen LogP contribution in [0.15, 0.2) is 12.4 Å². The minimum absolute atomic E-state index is 0.850. The van der Waals surface area contributed by atoms with Gasteiger partial charge < -0.3 is 0 Å². The third kappa shape index (κ3) is 0.988. The molecule has 3 aromatic heterocycles. The fourth-order valence-corrected chi connectivity index (χ4v) is 2.03. The Balaban J connectivity index is 2.63. The average Bonchev–Trinajstić information content (AvgIpc) is 2.73. The van der Waals surface area contributed by atoms with Crippen LogP contribution in [0.5, 0.6) is 0 Å². The molecule has 15 heavy (non-hydrogen) atoms. The van der Waals surface area contributed by atoms with Gasteiger partial charge in [-0.2, -0.15) is 5.10 Å². The maximum atomic E-state index is 4.44. The van der Waals surface area contributed by atoms with Gasteiger partial charge in [-0.3, -0.25) is 5.10 Å². The van der Waals surface area contributed by atoms with Crippen LogP contribution >= 0.6 is 0 Å². The van der Waals surface area contributed by atoms with Gasteiger partial charge in [0, 0.05) is 6.20 Å². The topological polar surface area (TPSA) is 46.0 Å². The van der Waals surface area contributed by atoms with Gasteiger partial charge in [-0.1, -0.05) is 10.9 Å². The molecule has 0 unspecified atom stereocenters. The van der Waals surface area contributed by atoms with Crippen LogP contribution in [0.25, 0.3) is 16.6 Å². The third-order valence-electron chi connectivity index (χ3n) is 3.14. The molecule has 0 aliphatic carbocycles. The van der Waals surface area contributed by atoms with E-state index in [1.54, 1.807) is 0 Å². The maximum Gasteiger partial charge on any atom is 0.178 e. The standard InChI is InChI=1S/C9H10B2N4/c1-4-7(11)6(10)3-15-8(4)5-2-12-13-9(5)14-15/h2-3H,10-11H2,1H3,(H,13,14). The van der Waals surface area contributed by atoms with E-state index in [1.165, 1.54) is 16.5 Å². The number of H-pyrrole nitrogens is 1. The molecule has 3 aromatic rings. The molecule has 0 atom stereocenters. The number of aromatic nitrogens is 4. The Kier molecular flexibility index (Phi) is 1.52. The van der Waals surface area contributed by atoms with Crippen molar-refractivity contribution in [3.8, 4) is 0 Å². The number of nitrogens with one attached hydrogen (secondary N) is 1.